The number of aromatic nitrogens is 4. The number of imidazole rings is 1. The average molecular weight is 326 g/mol. The molecule has 5 aromatic rings. The largest absolute Gasteiger partial charge is 0.457 e. The van der Waals surface area contributed by atoms with Crippen molar-refractivity contribution >= 4 is 16.7 Å². The topological polar surface area (TPSA) is 55.2 Å². The van der Waals surface area contributed by atoms with Gasteiger partial charge in [-0.15, -0.1) is 0 Å². The van der Waals surface area contributed by atoms with Crippen LogP contribution in [-0.2, 0) is 0 Å². The smallest absolute Gasteiger partial charge is 0.154 e. The number of rotatable bonds is 3. The van der Waals surface area contributed by atoms with Gasteiger partial charge in [-0.1, -0.05) is 18.2 Å². The van der Waals surface area contributed by atoms with Gasteiger partial charge in [0.15, 0.2) is 5.65 Å². The standard InChI is InChI=1S/C20H14N4O/c1-2-4-15(5-3-1)25-16-8-6-14(7-9-16)17-12-20-22-18-13-21-11-10-19(18)24(20)23-17/h1-13,23H. The minimum Gasteiger partial charge on any atom is -0.457 e. The van der Waals surface area contributed by atoms with Crippen LogP contribution in [-0.4, -0.2) is 19.6 Å². The number of hydrogen-bond donors (Lipinski definition) is 1. The maximum Gasteiger partial charge on any atom is 0.154 e. The zero-order valence-corrected chi connectivity index (χ0v) is 13.3. The zero-order valence-electron chi connectivity index (χ0n) is 13.3. The summed E-state index contributed by atoms with van der Waals surface area (Å²) in [6.07, 6.45) is 3.54. The highest BCUT2D eigenvalue weighted by Crippen LogP contribution is 2.26. The van der Waals surface area contributed by atoms with Crippen molar-refractivity contribution in [3.8, 4) is 22.8 Å². The first kappa shape index (κ1) is 13.8. The van der Waals surface area contributed by atoms with Crippen LogP contribution in [0.2, 0.25) is 0 Å². The molecule has 3 aromatic heterocycles. The van der Waals surface area contributed by atoms with E-state index in [2.05, 4.69) is 15.1 Å². The Morgan fingerprint density at radius 3 is 2.52 bits per heavy atom. The summed E-state index contributed by atoms with van der Waals surface area (Å²) in [6, 6.07) is 21.7. The molecule has 1 N–H and O–H groups in total. The summed E-state index contributed by atoms with van der Waals surface area (Å²) in [7, 11) is 0. The molecule has 5 rings (SSSR count). The zero-order chi connectivity index (χ0) is 16.6. The van der Waals surface area contributed by atoms with E-state index in [1.54, 1.807) is 12.4 Å². The fraction of sp³-hybridized carbons (Fsp3) is 0. The summed E-state index contributed by atoms with van der Waals surface area (Å²) in [5, 5.41) is 3.39. The van der Waals surface area contributed by atoms with Crippen molar-refractivity contribution in [3.05, 3.63) is 79.1 Å². The molecule has 0 fully saturated rings. The molecule has 0 atom stereocenters. The van der Waals surface area contributed by atoms with Crippen LogP contribution in [0, 0.1) is 0 Å². The molecule has 3 heterocycles. The third-order valence-electron chi connectivity index (χ3n) is 4.13. The fourth-order valence-corrected chi connectivity index (χ4v) is 2.92. The Hall–Kier alpha value is -3.60. The lowest BCUT2D eigenvalue weighted by Gasteiger charge is -2.06. The van der Waals surface area contributed by atoms with Crippen LogP contribution < -0.4 is 4.74 Å². The molecule has 0 amide bonds. The summed E-state index contributed by atoms with van der Waals surface area (Å²) < 4.78 is 7.81. The molecule has 120 valence electrons. The van der Waals surface area contributed by atoms with Crippen LogP contribution in [0.3, 0.4) is 0 Å². The number of ether oxygens (including phenoxy) is 1. The van der Waals surface area contributed by atoms with Crippen molar-refractivity contribution < 1.29 is 4.74 Å². The summed E-state index contributed by atoms with van der Waals surface area (Å²) in [4.78, 5) is 8.69. The Morgan fingerprint density at radius 2 is 1.68 bits per heavy atom. The molecule has 0 aliphatic rings. The predicted molar refractivity (Wildman–Crippen MR) is 96.8 cm³/mol. The highest BCUT2D eigenvalue weighted by molar-refractivity contribution is 5.80. The van der Waals surface area contributed by atoms with Gasteiger partial charge in [-0.25, -0.2) is 9.50 Å². The first-order valence-corrected chi connectivity index (χ1v) is 8.01. The lowest BCUT2D eigenvalue weighted by Crippen LogP contribution is -1.86. The number of fused-ring (bicyclic) bond motifs is 3. The van der Waals surface area contributed by atoms with Crippen LogP contribution in [0.1, 0.15) is 0 Å². The number of H-pyrrole nitrogens is 1. The van der Waals surface area contributed by atoms with Crippen LogP contribution in [0.15, 0.2) is 79.1 Å². The SMILES string of the molecule is c1ccc(Oc2ccc(-c3cc4nc5cnccc5n4[nH]3)cc2)cc1. The van der Waals surface area contributed by atoms with Gasteiger partial charge in [0.25, 0.3) is 0 Å². The molecule has 0 bridgehead atoms. The second-order valence-corrected chi connectivity index (χ2v) is 5.78. The van der Waals surface area contributed by atoms with Crippen molar-refractivity contribution in [3.63, 3.8) is 0 Å². The van der Waals surface area contributed by atoms with Gasteiger partial charge in [0.2, 0.25) is 0 Å². The van der Waals surface area contributed by atoms with Crippen molar-refractivity contribution in [1.82, 2.24) is 19.6 Å². The van der Waals surface area contributed by atoms with Gasteiger partial charge >= 0.3 is 0 Å². The molecule has 0 saturated heterocycles. The molecule has 0 saturated carbocycles. The summed E-state index contributed by atoms with van der Waals surface area (Å²) >= 11 is 0. The molecule has 0 unspecified atom stereocenters. The number of nitrogens with one attached hydrogen (secondary N) is 1. The third kappa shape index (κ3) is 2.42. The van der Waals surface area contributed by atoms with Gasteiger partial charge in [-0.2, -0.15) is 0 Å². The Morgan fingerprint density at radius 1 is 0.880 bits per heavy atom. The first-order chi connectivity index (χ1) is 12.4. The summed E-state index contributed by atoms with van der Waals surface area (Å²) in [5.74, 6) is 1.64. The van der Waals surface area contributed by atoms with E-state index < -0.39 is 0 Å². The lowest BCUT2D eigenvalue weighted by atomic mass is 10.1. The fourth-order valence-electron chi connectivity index (χ4n) is 2.92. The number of nitrogens with zero attached hydrogens (tertiary/aromatic N) is 3. The molecule has 0 radical (unpaired) electrons. The molecular formula is C20H14N4O. The maximum absolute atomic E-state index is 5.84. The molecule has 2 aromatic carbocycles. The van der Waals surface area contributed by atoms with Crippen molar-refractivity contribution in [2.24, 2.45) is 0 Å². The molecular weight excluding hydrogens is 312 g/mol. The normalized spacial score (nSPS) is 11.2. The van der Waals surface area contributed by atoms with Gasteiger partial charge in [-0.05, 0) is 48.0 Å². The van der Waals surface area contributed by atoms with Crippen molar-refractivity contribution in [1.29, 1.82) is 0 Å². The Balaban J connectivity index is 1.47. The van der Waals surface area contributed by atoms with E-state index in [1.807, 2.05) is 71.2 Å². The average Bonchev–Trinajstić information content (AvgIpc) is 3.21. The van der Waals surface area contributed by atoms with Gasteiger partial charge in [-0.3, -0.25) is 10.1 Å². The van der Waals surface area contributed by atoms with Crippen molar-refractivity contribution in [2.45, 2.75) is 0 Å². The van der Waals surface area contributed by atoms with E-state index in [1.165, 1.54) is 0 Å². The van der Waals surface area contributed by atoms with Gasteiger partial charge < -0.3 is 4.74 Å². The van der Waals surface area contributed by atoms with E-state index in [0.29, 0.717) is 0 Å². The van der Waals surface area contributed by atoms with E-state index in [0.717, 1.165) is 39.4 Å². The molecule has 0 spiro atoms. The second-order valence-electron chi connectivity index (χ2n) is 5.78. The third-order valence-corrected chi connectivity index (χ3v) is 4.13. The molecule has 25 heavy (non-hydrogen) atoms. The van der Waals surface area contributed by atoms with E-state index >= 15 is 0 Å². The highest BCUT2D eigenvalue weighted by atomic mass is 16.5. The van der Waals surface area contributed by atoms with Gasteiger partial charge in [0, 0.05) is 12.3 Å². The summed E-state index contributed by atoms with van der Waals surface area (Å²) in [5.41, 5.74) is 4.86. The number of benzene rings is 2. The van der Waals surface area contributed by atoms with E-state index in [-0.39, 0.29) is 0 Å². The highest BCUT2D eigenvalue weighted by Gasteiger charge is 2.09. The van der Waals surface area contributed by atoms with Gasteiger partial charge in [0.1, 0.15) is 17.0 Å². The molecule has 5 nitrogen and oxygen atoms in total. The Bertz CT molecular complexity index is 1160. The maximum atomic E-state index is 5.84. The van der Waals surface area contributed by atoms with Gasteiger partial charge in [0.05, 0.1) is 17.4 Å². The minimum atomic E-state index is 0.808. The Kier molecular flexibility index (Phi) is 3.03. The van der Waals surface area contributed by atoms with E-state index in [4.69, 9.17) is 4.74 Å². The molecule has 0 aliphatic heterocycles. The number of pyridine rings is 1. The monoisotopic (exact) mass is 326 g/mol. The van der Waals surface area contributed by atoms with Crippen LogP contribution in [0.4, 0.5) is 0 Å². The van der Waals surface area contributed by atoms with Crippen LogP contribution >= 0.6 is 0 Å². The first-order valence-electron chi connectivity index (χ1n) is 8.01. The lowest BCUT2D eigenvalue weighted by molar-refractivity contribution is 0.483. The second kappa shape index (κ2) is 5.49. The van der Waals surface area contributed by atoms with Crippen molar-refractivity contribution in [2.75, 3.05) is 0 Å². The van der Waals surface area contributed by atoms with Crippen LogP contribution in [0.25, 0.3) is 27.9 Å². The minimum absolute atomic E-state index is 0.808. The van der Waals surface area contributed by atoms with Crippen LogP contribution in [0.5, 0.6) is 11.5 Å². The molecule has 5 heteroatoms. The summed E-state index contributed by atoms with van der Waals surface area (Å²) in [6.45, 7) is 0. The Labute approximate surface area is 143 Å². The number of aromatic amines is 1. The van der Waals surface area contributed by atoms with E-state index in [9.17, 15) is 0 Å². The molecule has 0 aliphatic carbocycles. The predicted octanol–water partition coefficient (Wildman–Crippen LogP) is 4.67. The number of para-hydroxylation sites is 1. The number of hydrogen-bond acceptors (Lipinski definition) is 3. The quantitative estimate of drug-likeness (QED) is 0.524.